The van der Waals surface area contributed by atoms with E-state index in [1.165, 1.54) is 108 Å². The van der Waals surface area contributed by atoms with Crippen molar-refractivity contribution in [2.24, 2.45) is 0 Å². The topological polar surface area (TPSA) is 17.1 Å². The van der Waals surface area contributed by atoms with E-state index < -0.39 is 0 Å². The number of benzene rings is 1. The molecule has 1 aromatic carbocycles. The van der Waals surface area contributed by atoms with Crippen molar-refractivity contribution in [2.45, 2.75) is 116 Å². The van der Waals surface area contributed by atoms with Gasteiger partial charge in [0.2, 0.25) is 0 Å². The number of aryl methyl sites for hydroxylation is 1. The molecule has 1 nitrogen and oxygen atoms in total. The second-order valence-corrected chi connectivity index (χ2v) is 7.87. The van der Waals surface area contributed by atoms with E-state index in [2.05, 4.69) is 13.0 Å². The first-order chi connectivity index (χ1) is 12.9. The molecule has 0 amide bonds. The van der Waals surface area contributed by atoms with Crippen molar-refractivity contribution >= 4 is 6.29 Å². The Hall–Kier alpha value is -1.11. The van der Waals surface area contributed by atoms with E-state index in [1.54, 1.807) is 0 Å². The fourth-order valence-electron chi connectivity index (χ4n) is 3.74. The summed E-state index contributed by atoms with van der Waals surface area (Å²) in [5.74, 6) is 0. The maximum atomic E-state index is 11.0. The molecule has 26 heavy (non-hydrogen) atoms. The lowest BCUT2D eigenvalue weighted by Gasteiger charge is -2.05. The van der Waals surface area contributed by atoms with Crippen molar-refractivity contribution in [1.82, 2.24) is 0 Å². The van der Waals surface area contributed by atoms with Crippen LogP contribution < -0.4 is 0 Å². The molecule has 148 valence electrons. The van der Waals surface area contributed by atoms with E-state index in [4.69, 9.17) is 0 Å². The van der Waals surface area contributed by atoms with Gasteiger partial charge in [-0.25, -0.2) is 0 Å². The van der Waals surface area contributed by atoms with Crippen LogP contribution in [-0.4, -0.2) is 6.29 Å². The Morgan fingerprint density at radius 1 is 0.615 bits per heavy atom. The highest BCUT2D eigenvalue weighted by Crippen LogP contribution is 2.15. The number of unbranched alkanes of at least 4 members (excludes halogenated alkanes) is 15. The van der Waals surface area contributed by atoms with Gasteiger partial charge in [-0.15, -0.1) is 0 Å². The molecule has 0 bridgehead atoms. The van der Waals surface area contributed by atoms with Gasteiger partial charge in [-0.2, -0.15) is 0 Å². The summed E-state index contributed by atoms with van der Waals surface area (Å²) in [6, 6.07) is 8.00. The Labute approximate surface area is 163 Å². The van der Waals surface area contributed by atoms with Gasteiger partial charge in [0, 0.05) is 5.56 Å². The third-order valence-electron chi connectivity index (χ3n) is 5.48. The van der Waals surface area contributed by atoms with E-state index >= 15 is 0 Å². The number of carbonyl (C=O) groups excluding carboxylic acids is 1. The minimum atomic E-state index is 0.869. The summed E-state index contributed by atoms with van der Waals surface area (Å²) >= 11 is 0. The minimum absolute atomic E-state index is 0.869. The Balaban J connectivity index is 1.80. The van der Waals surface area contributed by atoms with Gasteiger partial charge in [-0.05, 0) is 18.4 Å². The van der Waals surface area contributed by atoms with E-state index in [1.807, 2.05) is 18.2 Å². The highest BCUT2D eigenvalue weighted by Gasteiger charge is 2.00. The quantitative estimate of drug-likeness (QED) is 0.190. The van der Waals surface area contributed by atoms with Crippen molar-refractivity contribution in [3.05, 3.63) is 35.4 Å². The molecule has 1 aromatic rings. The third kappa shape index (κ3) is 12.3. The Bertz CT molecular complexity index is 438. The molecule has 0 radical (unpaired) electrons. The largest absolute Gasteiger partial charge is 0.298 e. The number of hydrogen-bond donors (Lipinski definition) is 0. The SMILES string of the molecule is CCCCCCCCCCCCCCCCCCc1ccccc1C=O. The summed E-state index contributed by atoms with van der Waals surface area (Å²) in [7, 11) is 0. The smallest absolute Gasteiger partial charge is 0.150 e. The second kappa shape index (κ2) is 17.3. The molecule has 0 aliphatic heterocycles. The van der Waals surface area contributed by atoms with Gasteiger partial charge in [-0.1, -0.05) is 128 Å². The lowest BCUT2D eigenvalue weighted by atomic mass is 10.0. The Morgan fingerprint density at radius 3 is 1.50 bits per heavy atom. The molecule has 0 saturated carbocycles. The summed E-state index contributed by atoms with van der Waals surface area (Å²) < 4.78 is 0. The molecule has 0 aliphatic rings. The van der Waals surface area contributed by atoms with Crippen LogP contribution in [-0.2, 0) is 6.42 Å². The monoisotopic (exact) mass is 358 g/mol. The van der Waals surface area contributed by atoms with Crippen LogP contribution in [0.2, 0.25) is 0 Å². The Morgan fingerprint density at radius 2 is 1.04 bits per heavy atom. The summed E-state index contributed by atoms with van der Waals surface area (Å²) in [5, 5.41) is 0. The van der Waals surface area contributed by atoms with Gasteiger partial charge in [0.1, 0.15) is 6.29 Å². The summed E-state index contributed by atoms with van der Waals surface area (Å²) in [6.45, 7) is 2.29. The van der Waals surface area contributed by atoms with Gasteiger partial charge >= 0.3 is 0 Å². The predicted molar refractivity (Wildman–Crippen MR) is 115 cm³/mol. The van der Waals surface area contributed by atoms with Crippen molar-refractivity contribution in [3.63, 3.8) is 0 Å². The van der Waals surface area contributed by atoms with Crippen LogP contribution in [0, 0.1) is 0 Å². The number of carbonyl (C=O) groups is 1. The van der Waals surface area contributed by atoms with Crippen LogP contribution in [0.5, 0.6) is 0 Å². The van der Waals surface area contributed by atoms with Crippen LogP contribution >= 0.6 is 0 Å². The summed E-state index contributed by atoms with van der Waals surface area (Å²) in [5.41, 5.74) is 2.08. The molecule has 0 unspecified atom stereocenters. The maximum absolute atomic E-state index is 11.0. The van der Waals surface area contributed by atoms with Gasteiger partial charge in [0.15, 0.2) is 0 Å². The van der Waals surface area contributed by atoms with Gasteiger partial charge in [0.05, 0.1) is 0 Å². The van der Waals surface area contributed by atoms with Crippen molar-refractivity contribution < 1.29 is 4.79 Å². The average molecular weight is 359 g/mol. The zero-order valence-electron chi connectivity index (χ0n) is 17.3. The number of hydrogen-bond acceptors (Lipinski definition) is 1. The van der Waals surface area contributed by atoms with Crippen molar-refractivity contribution in [1.29, 1.82) is 0 Å². The van der Waals surface area contributed by atoms with Crippen LogP contribution in [0.4, 0.5) is 0 Å². The predicted octanol–water partition coefficient (Wildman–Crippen LogP) is 8.30. The van der Waals surface area contributed by atoms with Crippen LogP contribution in [0.3, 0.4) is 0 Å². The Kier molecular flexibility index (Phi) is 15.3. The molecule has 0 fully saturated rings. The second-order valence-electron chi connectivity index (χ2n) is 7.87. The van der Waals surface area contributed by atoms with Crippen LogP contribution in [0.15, 0.2) is 24.3 Å². The molecule has 0 spiro atoms. The van der Waals surface area contributed by atoms with Crippen LogP contribution in [0.25, 0.3) is 0 Å². The molecular weight excluding hydrogens is 316 g/mol. The molecule has 0 N–H and O–H groups in total. The standard InChI is InChI=1S/C25H42O/c1-2-3-4-5-6-7-8-9-10-11-12-13-14-15-16-17-20-24-21-18-19-22-25(24)23-26/h18-19,21-23H,2-17,20H2,1H3. The molecule has 0 aliphatic carbocycles. The maximum Gasteiger partial charge on any atom is 0.150 e. The lowest BCUT2D eigenvalue weighted by molar-refractivity contribution is 0.112. The fraction of sp³-hybridized carbons (Fsp3) is 0.720. The van der Waals surface area contributed by atoms with Crippen molar-refractivity contribution in [2.75, 3.05) is 0 Å². The molecule has 0 saturated heterocycles. The van der Waals surface area contributed by atoms with E-state index in [0.717, 1.165) is 18.3 Å². The third-order valence-corrected chi connectivity index (χ3v) is 5.48. The molecular formula is C25H42O. The van der Waals surface area contributed by atoms with E-state index in [0.29, 0.717) is 0 Å². The minimum Gasteiger partial charge on any atom is -0.298 e. The first-order valence-electron chi connectivity index (χ1n) is 11.4. The average Bonchev–Trinajstić information content (AvgIpc) is 2.68. The van der Waals surface area contributed by atoms with Crippen molar-refractivity contribution in [3.8, 4) is 0 Å². The zero-order valence-corrected chi connectivity index (χ0v) is 17.3. The normalized spacial score (nSPS) is 11.0. The number of rotatable bonds is 18. The zero-order chi connectivity index (χ0) is 18.7. The molecule has 1 heteroatoms. The summed E-state index contributed by atoms with van der Waals surface area (Å²) in [6.07, 6.45) is 24.5. The van der Waals surface area contributed by atoms with Crippen LogP contribution in [0.1, 0.15) is 126 Å². The molecule has 1 rings (SSSR count). The highest BCUT2D eigenvalue weighted by atomic mass is 16.1. The molecule has 0 aromatic heterocycles. The molecule has 0 atom stereocenters. The lowest BCUT2D eigenvalue weighted by Crippen LogP contribution is -1.92. The number of aldehydes is 1. The molecule has 0 heterocycles. The van der Waals surface area contributed by atoms with Gasteiger partial charge in [-0.3, -0.25) is 4.79 Å². The summed E-state index contributed by atoms with van der Waals surface area (Å²) in [4.78, 5) is 11.0. The van der Waals surface area contributed by atoms with Gasteiger partial charge < -0.3 is 0 Å². The van der Waals surface area contributed by atoms with E-state index in [9.17, 15) is 4.79 Å². The fourth-order valence-corrected chi connectivity index (χ4v) is 3.74. The highest BCUT2D eigenvalue weighted by molar-refractivity contribution is 5.77. The van der Waals surface area contributed by atoms with Gasteiger partial charge in [0.25, 0.3) is 0 Å². The first-order valence-corrected chi connectivity index (χ1v) is 11.4. The first kappa shape index (κ1) is 22.9. The van der Waals surface area contributed by atoms with E-state index in [-0.39, 0.29) is 0 Å².